The van der Waals surface area contributed by atoms with Gasteiger partial charge in [-0.3, -0.25) is 4.90 Å². The summed E-state index contributed by atoms with van der Waals surface area (Å²) < 4.78 is 13.8. The second-order valence-corrected chi connectivity index (χ2v) is 5.34. The molecule has 1 saturated heterocycles. The van der Waals surface area contributed by atoms with Gasteiger partial charge < -0.3 is 10.0 Å². The monoisotopic (exact) mass is 286 g/mol. The van der Waals surface area contributed by atoms with Crippen molar-refractivity contribution < 1.29 is 9.50 Å². The molecule has 0 bridgehead atoms. The number of nitrogens with zero attached hydrogens (tertiary/aromatic N) is 2. The Morgan fingerprint density at radius 2 is 1.57 bits per heavy atom. The van der Waals surface area contributed by atoms with Gasteiger partial charge in [-0.1, -0.05) is 30.3 Å². The van der Waals surface area contributed by atoms with Gasteiger partial charge in [-0.15, -0.1) is 0 Å². The number of rotatable bonds is 3. The SMILES string of the molecule is Oc1ccccc1CN1CCN(c2ccccc2F)CC1. The van der Waals surface area contributed by atoms with Crippen molar-refractivity contribution >= 4 is 5.69 Å². The minimum absolute atomic E-state index is 0.161. The maximum Gasteiger partial charge on any atom is 0.146 e. The van der Waals surface area contributed by atoms with Gasteiger partial charge in [0.2, 0.25) is 0 Å². The molecule has 0 saturated carbocycles. The van der Waals surface area contributed by atoms with E-state index in [2.05, 4.69) is 9.80 Å². The normalized spacial score (nSPS) is 16.1. The number of phenolic OH excluding ortho intramolecular Hbond substituents is 1. The van der Waals surface area contributed by atoms with Gasteiger partial charge >= 0.3 is 0 Å². The van der Waals surface area contributed by atoms with Gasteiger partial charge in [-0.2, -0.15) is 0 Å². The van der Waals surface area contributed by atoms with E-state index in [1.54, 1.807) is 12.1 Å². The van der Waals surface area contributed by atoms with E-state index in [0.717, 1.165) is 38.3 Å². The molecular weight excluding hydrogens is 267 g/mol. The predicted octanol–water partition coefficient (Wildman–Crippen LogP) is 2.85. The quantitative estimate of drug-likeness (QED) is 0.940. The van der Waals surface area contributed by atoms with Crippen molar-refractivity contribution in [2.24, 2.45) is 0 Å². The van der Waals surface area contributed by atoms with Crippen LogP contribution in [0.25, 0.3) is 0 Å². The molecule has 1 aliphatic rings. The molecule has 2 aromatic carbocycles. The smallest absolute Gasteiger partial charge is 0.146 e. The molecule has 0 aromatic heterocycles. The van der Waals surface area contributed by atoms with E-state index in [1.165, 1.54) is 6.07 Å². The number of hydrogen-bond acceptors (Lipinski definition) is 3. The first kappa shape index (κ1) is 13.9. The van der Waals surface area contributed by atoms with Gasteiger partial charge in [0, 0.05) is 38.3 Å². The van der Waals surface area contributed by atoms with Crippen LogP contribution >= 0.6 is 0 Å². The van der Waals surface area contributed by atoms with Crippen LogP contribution in [0, 0.1) is 5.82 Å². The zero-order valence-corrected chi connectivity index (χ0v) is 11.9. The molecule has 3 rings (SSSR count). The fourth-order valence-corrected chi connectivity index (χ4v) is 2.74. The largest absolute Gasteiger partial charge is 0.508 e. The first-order valence-electron chi connectivity index (χ1n) is 7.23. The fourth-order valence-electron chi connectivity index (χ4n) is 2.74. The van der Waals surface area contributed by atoms with Crippen LogP contribution in [0.3, 0.4) is 0 Å². The molecule has 110 valence electrons. The molecule has 3 nitrogen and oxygen atoms in total. The molecule has 0 spiro atoms. The lowest BCUT2D eigenvalue weighted by atomic mass is 10.1. The van der Waals surface area contributed by atoms with Crippen molar-refractivity contribution in [3.8, 4) is 5.75 Å². The highest BCUT2D eigenvalue weighted by molar-refractivity contribution is 5.48. The molecule has 0 atom stereocenters. The Balaban J connectivity index is 1.61. The molecule has 0 amide bonds. The van der Waals surface area contributed by atoms with Crippen LogP contribution < -0.4 is 4.90 Å². The third kappa shape index (κ3) is 3.16. The van der Waals surface area contributed by atoms with Gasteiger partial charge in [-0.05, 0) is 18.2 Å². The van der Waals surface area contributed by atoms with Crippen molar-refractivity contribution in [2.75, 3.05) is 31.1 Å². The Labute approximate surface area is 124 Å². The van der Waals surface area contributed by atoms with Crippen LogP contribution in [0.2, 0.25) is 0 Å². The standard InChI is InChI=1S/C17H19FN2O/c18-15-6-2-3-7-16(15)20-11-9-19(10-12-20)13-14-5-1-4-8-17(14)21/h1-8,21H,9-13H2. The molecule has 1 N–H and O–H groups in total. The molecule has 1 aliphatic heterocycles. The molecule has 4 heteroatoms. The Hall–Kier alpha value is -2.07. The summed E-state index contributed by atoms with van der Waals surface area (Å²) in [5.41, 5.74) is 1.62. The van der Waals surface area contributed by atoms with Gasteiger partial charge in [0.05, 0.1) is 5.69 Å². The maximum absolute atomic E-state index is 13.8. The van der Waals surface area contributed by atoms with Crippen LogP contribution in [0.4, 0.5) is 10.1 Å². The van der Waals surface area contributed by atoms with Gasteiger partial charge in [0.25, 0.3) is 0 Å². The van der Waals surface area contributed by atoms with Crippen LogP contribution in [-0.4, -0.2) is 36.2 Å². The summed E-state index contributed by atoms with van der Waals surface area (Å²) in [6.07, 6.45) is 0. The number of phenols is 1. The highest BCUT2D eigenvalue weighted by Gasteiger charge is 2.19. The summed E-state index contributed by atoms with van der Waals surface area (Å²) in [5.74, 6) is 0.181. The first-order valence-corrected chi connectivity index (χ1v) is 7.23. The van der Waals surface area contributed by atoms with E-state index in [-0.39, 0.29) is 5.82 Å². The Morgan fingerprint density at radius 1 is 0.905 bits per heavy atom. The lowest BCUT2D eigenvalue weighted by molar-refractivity contribution is 0.246. The molecule has 2 aromatic rings. The van der Waals surface area contributed by atoms with Crippen molar-refractivity contribution in [2.45, 2.75) is 6.54 Å². The topological polar surface area (TPSA) is 26.7 Å². The Kier molecular flexibility index (Phi) is 4.06. The number of piperazine rings is 1. The highest BCUT2D eigenvalue weighted by Crippen LogP contribution is 2.22. The van der Waals surface area contributed by atoms with E-state index < -0.39 is 0 Å². The Bertz CT molecular complexity index is 609. The molecule has 1 heterocycles. The van der Waals surface area contributed by atoms with Gasteiger partial charge in [0.1, 0.15) is 11.6 Å². The second kappa shape index (κ2) is 6.14. The number of aromatic hydroxyl groups is 1. The molecule has 1 fully saturated rings. The Morgan fingerprint density at radius 3 is 2.29 bits per heavy atom. The lowest BCUT2D eigenvalue weighted by Crippen LogP contribution is -2.46. The third-order valence-corrected chi connectivity index (χ3v) is 3.95. The zero-order chi connectivity index (χ0) is 14.7. The van der Waals surface area contributed by atoms with Gasteiger partial charge in [-0.25, -0.2) is 4.39 Å². The summed E-state index contributed by atoms with van der Waals surface area (Å²) in [5, 5.41) is 9.82. The van der Waals surface area contributed by atoms with E-state index in [4.69, 9.17) is 0 Å². The molecule has 0 unspecified atom stereocenters. The molecule has 21 heavy (non-hydrogen) atoms. The molecule has 0 aliphatic carbocycles. The zero-order valence-electron chi connectivity index (χ0n) is 11.9. The highest BCUT2D eigenvalue weighted by atomic mass is 19.1. The number of halogens is 1. The summed E-state index contributed by atoms with van der Waals surface area (Å²) in [6, 6.07) is 14.3. The van der Waals surface area contributed by atoms with Crippen molar-refractivity contribution in [1.82, 2.24) is 4.90 Å². The van der Waals surface area contributed by atoms with Crippen molar-refractivity contribution in [3.05, 3.63) is 59.9 Å². The summed E-state index contributed by atoms with van der Waals surface area (Å²) in [6.45, 7) is 4.06. The summed E-state index contributed by atoms with van der Waals surface area (Å²) >= 11 is 0. The number of para-hydroxylation sites is 2. The minimum Gasteiger partial charge on any atom is -0.508 e. The summed E-state index contributed by atoms with van der Waals surface area (Å²) in [4.78, 5) is 4.36. The molecule has 0 radical (unpaired) electrons. The lowest BCUT2D eigenvalue weighted by Gasteiger charge is -2.36. The van der Waals surface area contributed by atoms with Gasteiger partial charge in [0.15, 0.2) is 0 Å². The third-order valence-electron chi connectivity index (χ3n) is 3.95. The predicted molar refractivity (Wildman–Crippen MR) is 82.0 cm³/mol. The van der Waals surface area contributed by atoms with Crippen LogP contribution in [0.5, 0.6) is 5.75 Å². The number of hydrogen-bond donors (Lipinski definition) is 1. The average Bonchev–Trinajstić information content (AvgIpc) is 2.51. The van der Waals surface area contributed by atoms with Crippen LogP contribution in [-0.2, 0) is 6.54 Å². The summed E-state index contributed by atoms with van der Waals surface area (Å²) in [7, 11) is 0. The van der Waals surface area contributed by atoms with E-state index in [1.807, 2.05) is 30.3 Å². The van der Waals surface area contributed by atoms with E-state index in [0.29, 0.717) is 11.4 Å². The first-order chi connectivity index (χ1) is 10.2. The van der Waals surface area contributed by atoms with Crippen molar-refractivity contribution in [1.29, 1.82) is 0 Å². The minimum atomic E-state index is -0.161. The van der Waals surface area contributed by atoms with Crippen molar-refractivity contribution in [3.63, 3.8) is 0 Å². The molecular formula is C17H19FN2O. The number of benzene rings is 2. The maximum atomic E-state index is 13.8. The number of anilines is 1. The van der Waals surface area contributed by atoms with Crippen LogP contribution in [0.1, 0.15) is 5.56 Å². The van der Waals surface area contributed by atoms with E-state index >= 15 is 0 Å². The van der Waals surface area contributed by atoms with Crippen LogP contribution in [0.15, 0.2) is 48.5 Å². The fraction of sp³-hybridized carbons (Fsp3) is 0.294. The average molecular weight is 286 g/mol. The second-order valence-electron chi connectivity index (χ2n) is 5.34. The van der Waals surface area contributed by atoms with E-state index in [9.17, 15) is 9.50 Å².